The maximum Gasteiger partial charge on any atom is 0.0456 e. The first kappa shape index (κ1) is 14.9. The number of rotatable bonds is 6. The summed E-state index contributed by atoms with van der Waals surface area (Å²) in [4.78, 5) is 0. The topological polar surface area (TPSA) is 12.0 Å². The zero-order valence-corrected chi connectivity index (χ0v) is 13.2. The molecule has 0 heterocycles. The average molecular weight is 280 g/mol. The highest BCUT2D eigenvalue weighted by atomic mass is 35.5. The fraction of sp³-hybridized carbons (Fsp3) is 0.647. The van der Waals surface area contributed by atoms with E-state index in [1.807, 2.05) is 0 Å². The molecular weight excluding hydrogens is 254 g/mol. The Kier molecular flexibility index (Phi) is 5.29. The van der Waals surface area contributed by atoms with Crippen LogP contribution in [-0.4, -0.2) is 6.54 Å². The Hall–Kier alpha value is -0.530. The van der Waals surface area contributed by atoms with Crippen LogP contribution in [0.5, 0.6) is 0 Å². The largest absolute Gasteiger partial charge is 0.310 e. The first-order chi connectivity index (χ1) is 9.11. The fourth-order valence-electron chi connectivity index (χ4n) is 2.77. The molecule has 1 atom stereocenters. The summed E-state index contributed by atoms with van der Waals surface area (Å²) in [6.07, 6.45) is 6.61. The van der Waals surface area contributed by atoms with Crippen LogP contribution < -0.4 is 5.32 Å². The average Bonchev–Trinajstić information content (AvgIpc) is 2.32. The molecule has 0 spiro atoms. The number of aryl methyl sites for hydroxylation is 2. The predicted molar refractivity (Wildman–Crippen MR) is 83.9 cm³/mol. The molecule has 1 nitrogen and oxygen atoms in total. The molecule has 0 amide bonds. The lowest BCUT2D eigenvalue weighted by molar-refractivity contribution is 0.261. The molecule has 1 aliphatic carbocycles. The van der Waals surface area contributed by atoms with E-state index in [9.17, 15) is 0 Å². The van der Waals surface area contributed by atoms with Gasteiger partial charge in [0, 0.05) is 11.1 Å². The van der Waals surface area contributed by atoms with Gasteiger partial charge >= 0.3 is 0 Å². The van der Waals surface area contributed by atoms with Gasteiger partial charge in [-0.15, -0.1) is 0 Å². The van der Waals surface area contributed by atoms with E-state index in [0.717, 1.165) is 17.5 Å². The van der Waals surface area contributed by atoms with E-state index in [2.05, 4.69) is 38.2 Å². The fourth-order valence-corrected chi connectivity index (χ4v) is 3.12. The van der Waals surface area contributed by atoms with Crippen LogP contribution in [0.1, 0.15) is 61.8 Å². The van der Waals surface area contributed by atoms with Crippen molar-refractivity contribution in [1.29, 1.82) is 0 Å². The monoisotopic (exact) mass is 279 g/mol. The highest BCUT2D eigenvalue weighted by Gasteiger charge is 2.24. The molecule has 2 heteroatoms. The molecule has 0 bridgehead atoms. The third-order valence-corrected chi connectivity index (χ3v) is 4.75. The van der Waals surface area contributed by atoms with Gasteiger partial charge in [0.2, 0.25) is 0 Å². The molecule has 1 saturated carbocycles. The third-order valence-electron chi connectivity index (χ3n) is 4.42. The van der Waals surface area contributed by atoms with Crippen LogP contribution in [-0.2, 0) is 0 Å². The van der Waals surface area contributed by atoms with Crippen molar-refractivity contribution < 1.29 is 0 Å². The van der Waals surface area contributed by atoms with Gasteiger partial charge in [-0.2, -0.15) is 0 Å². The van der Waals surface area contributed by atoms with Gasteiger partial charge in [0.05, 0.1) is 0 Å². The van der Waals surface area contributed by atoms with Crippen molar-refractivity contribution in [1.82, 2.24) is 5.32 Å². The molecule has 1 fully saturated rings. The molecule has 19 heavy (non-hydrogen) atoms. The number of nitrogens with one attached hydrogen (secondary N) is 1. The molecule has 0 aromatic heterocycles. The summed E-state index contributed by atoms with van der Waals surface area (Å²) in [6, 6.07) is 4.83. The van der Waals surface area contributed by atoms with E-state index in [1.165, 1.54) is 48.8 Å². The lowest BCUT2D eigenvalue weighted by Crippen LogP contribution is -2.27. The van der Waals surface area contributed by atoms with Crippen LogP contribution in [0.25, 0.3) is 0 Å². The summed E-state index contributed by atoms with van der Waals surface area (Å²) in [7, 11) is 0. The van der Waals surface area contributed by atoms with Crippen LogP contribution >= 0.6 is 11.6 Å². The van der Waals surface area contributed by atoms with Gasteiger partial charge in [0.25, 0.3) is 0 Å². The van der Waals surface area contributed by atoms with Gasteiger partial charge in [-0.05, 0) is 61.9 Å². The second-order valence-corrected chi connectivity index (χ2v) is 6.40. The van der Waals surface area contributed by atoms with E-state index in [1.54, 1.807) is 0 Å². The molecule has 0 aliphatic heterocycles. The van der Waals surface area contributed by atoms with Crippen LogP contribution in [0, 0.1) is 19.8 Å². The normalized spacial score (nSPS) is 17.3. The van der Waals surface area contributed by atoms with Crippen molar-refractivity contribution in [3.63, 3.8) is 0 Å². The maximum absolute atomic E-state index is 6.48. The van der Waals surface area contributed by atoms with Crippen LogP contribution in [0.4, 0.5) is 0 Å². The first-order valence-electron chi connectivity index (χ1n) is 7.61. The number of benzene rings is 1. The Morgan fingerprint density at radius 1 is 1.26 bits per heavy atom. The lowest BCUT2D eigenvalue weighted by Gasteiger charge is -2.31. The number of hydrogen-bond acceptors (Lipinski definition) is 1. The van der Waals surface area contributed by atoms with Crippen LogP contribution in [0.3, 0.4) is 0 Å². The van der Waals surface area contributed by atoms with Gasteiger partial charge in [0.1, 0.15) is 0 Å². The summed E-state index contributed by atoms with van der Waals surface area (Å²) in [5.74, 6) is 0.895. The van der Waals surface area contributed by atoms with Crippen molar-refractivity contribution in [2.24, 2.45) is 5.92 Å². The van der Waals surface area contributed by atoms with Gasteiger partial charge in [-0.3, -0.25) is 0 Å². The number of halogens is 1. The zero-order chi connectivity index (χ0) is 13.8. The van der Waals surface area contributed by atoms with Gasteiger partial charge in [0.15, 0.2) is 0 Å². The second kappa shape index (κ2) is 6.76. The summed E-state index contributed by atoms with van der Waals surface area (Å²) in [6.45, 7) is 7.59. The minimum absolute atomic E-state index is 0.428. The van der Waals surface area contributed by atoms with E-state index in [-0.39, 0.29) is 0 Å². The smallest absolute Gasteiger partial charge is 0.0456 e. The quantitative estimate of drug-likeness (QED) is 0.756. The summed E-state index contributed by atoms with van der Waals surface area (Å²) in [5, 5.41) is 4.61. The molecular formula is C17H26ClN. The Morgan fingerprint density at radius 2 is 1.95 bits per heavy atom. The summed E-state index contributed by atoms with van der Waals surface area (Å²) in [5.41, 5.74) is 3.92. The van der Waals surface area contributed by atoms with Crippen molar-refractivity contribution in [2.75, 3.05) is 6.54 Å². The van der Waals surface area contributed by atoms with Gasteiger partial charge in [-0.25, -0.2) is 0 Å². The standard InChI is InChI=1S/C17H26ClN/c1-4-8-19-17(11-14-6-5-7-14)15-9-12(2)13(3)10-16(15)18/h9-10,14,17,19H,4-8,11H2,1-3H3. The summed E-state index contributed by atoms with van der Waals surface area (Å²) >= 11 is 6.48. The molecule has 1 N–H and O–H groups in total. The van der Waals surface area contributed by atoms with Gasteiger partial charge < -0.3 is 5.32 Å². The summed E-state index contributed by atoms with van der Waals surface area (Å²) < 4.78 is 0. The lowest BCUT2D eigenvalue weighted by atomic mass is 9.79. The predicted octanol–water partition coefficient (Wildman–Crippen LogP) is 5.19. The maximum atomic E-state index is 6.48. The van der Waals surface area contributed by atoms with Crippen LogP contribution in [0.2, 0.25) is 5.02 Å². The minimum Gasteiger partial charge on any atom is -0.310 e. The number of hydrogen-bond donors (Lipinski definition) is 1. The van der Waals surface area contributed by atoms with Crippen molar-refractivity contribution in [2.45, 2.75) is 58.9 Å². The van der Waals surface area contributed by atoms with E-state index in [0.29, 0.717) is 6.04 Å². The molecule has 0 radical (unpaired) electrons. The van der Waals surface area contributed by atoms with Crippen molar-refractivity contribution in [3.05, 3.63) is 33.8 Å². The molecule has 1 unspecified atom stereocenters. The van der Waals surface area contributed by atoms with Gasteiger partial charge in [-0.1, -0.05) is 43.9 Å². The molecule has 1 aromatic rings. The zero-order valence-electron chi connectivity index (χ0n) is 12.4. The molecule has 1 aromatic carbocycles. The Labute approximate surface area is 122 Å². The SMILES string of the molecule is CCCNC(CC1CCC1)c1cc(C)c(C)cc1Cl. The second-order valence-electron chi connectivity index (χ2n) is 6.00. The highest BCUT2D eigenvalue weighted by molar-refractivity contribution is 6.31. The molecule has 106 valence electrons. The van der Waals surface area contributed by atoms with Crippen LogP contribution in [0.15, 0.2) is 12.1 Å². The van der Waals surface area contributed by atoms with Crippen molar-refractivity contribution >= 4 is 11.6 Å². The van der Waals surface area contributed by atoms with E-state index < -0.39 is 0 Å². The third kappa shape index (κ3) is 3.73. The van der Waals surface area contributed by atoms with E-state index >= 15 is 0 Å². The highest BCUT2D eigenvalue weighted by Crippen LogP contribution is 2.37. The molecule has 2 rings (SSSR count). The Morgan fingerprint density at radius 3 is 2.53 bits per heavy atom. The van der Waals surface area contributed by atoms with Crippen molar-refractivity contribution in [3.8, 4) is 0 Å². The Bertz CT molecular complexity index is 424. The minimum atomic E-state index is 0.428. The molecule has 1 aliphatic rings. The molecule has 0 saturated heterocycles. The Balaban J connectivity index is 2.17. The first-order valence-corrected chi connectivity index (χ1v) is 7.99. The van der Waals surface area contributed by atoms with E-state index in [4.69, 9.17) is 11.6 Å².